The molecule has 0 aromatic carbocycles. The van der Waals surface area contributed by atoms with Crippen LogP contribution in [0.25, 0.3) is 0 Å². The first-order valence-electron chi connectivity index (χ1n) is 4.21. The molecule has 1 aromatic heterocycles. The summed E-state index contributed by atoms with van der Waals surface area (Å²) in [5, 5.41) is 12.4. The first kappa shape index (κ1) is 7.91. The molecule has 0 fully saturated rings. The van der Waals surface area contributed by atoms with Gasteiger partial charge in [-0.15, -0.1) is 10.2 Å². The zero-order valence-electron chi connectivity index (χ0n) is 7.08. The lowest BCUT2D eigenvalue weighted by Gasteiger charge is -2.15. The van der Waals surface area contributed by atoms with Crippen molar-refractivity contribution in [2.45, 2.75) is 25.0 Å². The molecule has 0 bridgehead atoms. The number of nitrogens with zero attached hydrogens (tertiary/aromatic N) is 3. The molecule has 0 aliphatic carbocycles. The van der Waals surface area contributed by atoms with Crippen LogP contribution in [0.15, 0.2) is 5.16 Å². The van der Waals surface area contributed by atoms with Gasteiger partial charge in [0, 0.05) is 13.1 Å². The van der Waals surface area contributed by atoms with Crippen LogP contribution in [-0.2, 0) is 6.54 Å². The molecule has 0 unspecified atom stereocenters. The maximum atomic E-state index is 4.10. The Morgan fingerprint density at radius 1 is 1.58 bits per heavy atom. The van der Waals surface area contributed by atoms with Crippen LogP contribution in [0.2, 0.25) is 0 Å². The number of aromatic nitrogens is 3. The van der Waals surface area contributed by atoms with Crippen molar-refractivity contribution in [3.05, 3.63) is 0 Å². The molecule has 0 amide bonds. The Balaban J connectivity index is 2.25. The summed E-state index contributed by atoms with van der Waals surface area (Å²) in [4.78, 5) is 0. The van der Waals surface area contributed by atoms with Gasteiger partial charge in [-0.3, -0.25) is 4.57 Å². The Kier molecular flexibility index (Phi) is 2.21. The minimum atomic E-state index is 0.928. The lowest BCUT2D eigenvalue weighted by atomic mass is 10.4. The van der Waals surface area contributed by atoms with E-state index >= 15 is 0 Å². The Labute approximate surface area is 75.8 Å². The van der Waals surface area contributed by atoms with Crippen molar-refractivity contribution in [1.82, 2.24) is 14.8 Å². The van der Waals surface area contributed by atoms with E-state index in [4.69, 9.17) is 0 Å². The van der Waals surface area contributed by atoms with Crippen LogP contribution in [0.3, 0.4) is 0 Å². The van der Waals surface area contributed by atoms with E-state index in [1.54, 1.807) is 11.8 Å². The van der Waals surface area contributed by atoms with Crippen LogP contribution in [0, 0.1) is 0 Å². The fourth-order valence-electron chi connectivity index (χ4n) is 1.29. The van der Waals surface area contributed by atoms with Crippen LogP contribution < -0.4 is 5.32 Å². The average molecular weight is 184 g/mol. The maximum absolute atomic E-state index is 4.10. The Morgan fingerprint density at radius 2 is 2.50 bits per heavy atom. The van der Waals surface area contributed by atoms with E-state index in [2.05, 4.69) is 27.0 Å². The molecule has 1 aliphatic heterocycles. The molecule has 0 radical (unpaired) electrons. The highest BCUT2D eigenvalue weighted by Crippen LogP contribution is 2.21. The molecule has 66 valence electrons. The van der Waals surface area contributed by atoms with Crippen molar-refractivity contribution in [3.8, 4) is 0 Å². The zero-order chi connectivity index (χ0) is 8.39. The highest BCUT2D eigenvalue weighted by Gasteiger charge is 2.14. The van der Waals surface area contributed by atoms with Gasteiger partial charge in [0.05, 0.1) is 0 Å². The van der Waals surface area contributed by atoms with Gasteiger partial charge in [-0.1, -0.05) is 18.7 Å². The van der Waals surface area contributed by atoms with Crippen molar-refractivity contribution in [3.63, 3.8) is 0 Å². The summed E-state index contributed by atoms with van der Waals surface area (Å²) in [6.45, 7) is 4.20. The van der Waals surface area contributed by atoms with Gasteiger partial charge in [-0.2, -0.15) is 0 Å². The minimum Gasteiger partial charge on any atom is -0.354 e. The largest absolute Gasteiger partial charge is 0.354 e. The van der Waals surface area contributed by atoms with Gasteiger partial charge in [-0.25, -0.2) is 0 Å². The molecule has 1 N–H and O–H groups in total. The average Bonchev–Trinajstić information content (AvgIpc) is 2.50. The normalized spacial score (nSPS) is 15.4. The van der Waals surface area contributed by atoms with E-state index in [0.717, 1.165) is 29.9 Å². The fraction of sp³-hybridized carbons (Fsp3) is 0.714. The number of hydrogen-bond donors (Lipinski definition) is 1. The standard InChI is InChI=1S/C7H12N4S/c1-2-12-7-10-9-6-8-4-3-5-11(6)7/h2-5H2,1H3,(H,8,9). The van der Waals surface area contributed by atoms with Crippen LogP contribution in [0.4, 0.5) is 5.95 Å². The molecule has 2 heterocycles. The Bertz CT molecular complexity index is 270. The van der Waals surface area contributed by atoms with Gasteiger partial charge in [0.15, 0.2) is 5.16 Å². The molecular formula is C7H12N4S. The quantitative estimate of drug-likeness (QED) is 0.701. The van der Waals surface area contributed by atoms with Crippen molar-refractivity contribution in [1.29, 1.82) is 0 Å². The van der Waals surface area contributed by atoms with E-state index in [1.165, 1.54) is 6.42 Å². The van der Waals surface area contributed by atoms with Crippen molar-refractivity contribution >= 4 is 17.7 Å². The van der Waals surface area contributed by atoms with Crippen LogP contribution in [0.1, 0.15) is 13.3 Å². The third-order valence-electron chi connectivity index (χ3n) is 1.83. The summed E-state index contributed by atoms with van der Waals surface area (Å²) < 4.78 is 2.15. The fourth-order valence-corrected chi connectivity index (χ4v) is 1.98. The molecule has 12 heavy (non-hydrogen) atoms. The molecule has 0 saturated carbocycles. The zero-order valence-corrected chi connectivity index (χ0v) is 7.89. The second kappa shape index (κ2) is 3.35. The lowest BCUT2D eigenvalue weighted by molar-refractivity contribution is 0.583. The molecule has 1 aromatic rings. The molecule has 5 heteroatoms. The third kappa shape index (κ3) is 1.29. The maximum Gasteiger partial charge on any atom is 0.225 e. The topological polar surface area (TPSA) is 42.7 Å². The number of hydrogen-bond acceptors (Lipinski definition) is 4. The molecule has 0 saturated heterocycles. The highest BCUT2D eigenvalue weighted by atomic mass is 32.2. The van der Waals surface area contributed by atoms with E-state index in [0.29, 0.717) is 0 Å². The lowest BCUT2D eigenvalue weighted by Crippen LogP contribution is -2.17. The Morgan fingerprint density at radius 3 is 3.33 bits per heavy atom. The summed E-state index contributed by atoms with van der Waals surface area (Å²) >= 11 is 1.75. The molecule has 2 rings (SSSR count). The first-order valence-corrected chi connectivity index (χ1v) is 5.20. The SMILES string of the molecule is CCSc1nnc2n1CCCN2. The highest BCUT2D eigenvalue weighted by molar-refractivity contribution is 7.99. The van der Waals surface area contributed by atoms with Gasteiger partial charge >= 0.3 is 0 Å². The van der Waals surface area contributed by atoms with Gasteiger partial charge in [0.25, 0.3) is 0 Å². The summed E-state index contributed by atoms with van der Waals surface area (Å²) in [6, 6.07) is 0. The second-order valence-electron chi connectivity index (χ2n) is 2.67. The van der Waals surface area contributed by atoms with E-state index < -0.39 is 0 Å². The van der Waals surface area contributed by atoms with Crippen LogP contribution >= 0.6 is 11.8 Å². The molecule has 0 atom stereocenters. The van der Waals surface area contributed by atoms with Gasteiger partial charge in [-0.05, 0) is 12.2 Å². The monoisotopic (exact) mass is 184 g/mol. The van der Waals surface area contributed by atoms with Crippen molar-refractivity contribution in [2.75, 3.05) is 17.6 Å². The summed E-state index contributed by atoms with van der Waals surface area (Å²) in [5.41, 5.74) is 0. The van der Waals surface area contributed by atoms with Crippen LogP contribution in [-0.4, -0.2) is 27.1 Å². The van der Waals surface area contributed by atoms with E-state index in [9.17, 15) is 0 Å². The second-order valence-corrected chi connectivity index (χ2v) is 3.90. The third-order valence-corrected chi connectivity index (χ3v) is 2.68. The molecule has 0 spiro atoms. The van der Waals surface area contributed by atoms with Gasteiger partial charge in [0.2, 0.25) is 5.95 Å². The number of fused-ring (bicyclic) bond motifs is 1. The first-order chi connectivity index (χ1) is 5.92. The number of nitrogens with one attached hydrogen (secondary N) is 1. The minimum absolute atomic E-state index is 0.928. The van der Waals surface area contributed by atoms with Gasteiger partial charge in [0.1, 0.15) is 0 Å². The number of anilines is 1. The molecule has 1 aliphatic rings. The summed E-state index contributed by atoms with van der Waals surface area (Å²) in [5.74, 6) is 1.98. The predicted molar refractivity (Wildman–Crippen MR) is 49.5 cm³/mol. The summed E-state index contributed by atoms with van der Waals surface area (Å²) in [6.07, 6.45) is 1.17. The van der Waals surface area contributed by atoms with Crippen molar-refractivity contribution in [2.24, 2.45) is 0 Å². The molecular weight excluding hydrogens is 172 g/mol. The Hall–Kier alpha value is -0.710. The number of thioether (sulfide) groups is 1. The van der Waals surface area contributed by atoms with E-state index in [1.807, 2.05) is 0 Å². The summed E-state index contributed by atoms with van der Waals surface area (Å²) in [7, 11) is 0. The van der Waals surface area contributed by atoms with E-state index in [-0.39, 0.29) is 0 Å². The molecule has 4 nitrogen and oxygen atoms in total. The number of rotatable bonds is 2. The van der Waals surface area contributed by atoms with Crippen LogP contribution in [0.5, 0.6) is 0 Å². The predicted octanol–water partition coefficient (Wildman–Crippen LogP) is 1.21. The van der Waals surface area contributed by atoms with Gasteiger partial charge < -0.3 is 5.32 Å². The smallest absolute Gasteiger partial charge is 0.225 e. The van der Waals surface area contributed by atoms with Crippen molar-refractivity contribution < 1.29 is 0 Å².